The quantitative estimate of drug-likeness (QED) is 0.341. The third kappa shape index (κ3) is 3.54. The molecule has 0 aliphatic carbocycles. The minimum atomic E-state index is -0.984. The van der Waals surface area contributed by atoms with Gasteiger partial charge in [-0.25, -0.2) is 5.48 Å². The van der Waals surface area contributed by atoms with E-state index in [2.05, 4.69) is 4.74 Å². The SMILES string of the molecule is CO[C@@H](CC(=O)NO)C(N)=O. The summed E-state index contributed by atoms with van der Waals surface area (Å²) in [5, 5.41) is 8.05. The first-order valence-corrected chi connectivity index (χ1v) is 2.86. The Kier molecular flexibility index (Phi) is 4.16. The van der Waals surface area contributed by atoms with Crippen LogP contribution >= 0.6 is 0 Å². The molecule has 0 fully saturated rings. The summed E-state index contributed by atoms with van der Waals surface area (Å²) in [7, 11) is 1.25. The van der Waals surface area contributed by atoms with Crippen molar-refractivity contribution < 1.29 is 19.5 Å². The Bertz CT molecular complexity index is 159. The Labute approximate surface area is 63.3 Å². The summed E-state index contributed by atoms with van der Waals surface area (Å²) in [6, 6.07) is 0. The van der Waals surface area contributed by atoms with Gasteiger partial charge in [-0.2, -0.15) is 0 Å². The maximum atomic E-state index is 10.4. The first-order valence-electron chi connectivity index (χ1n) is 2.86. The summed E-state index contributed by atoms with van der Waals surface area (Å²) in [4.78, 5) is 20.9. The number of carbonyl (C=O) groups excluding carboxylic acids is 2. The van der Waals surface area contributed by atoms with Gasteiger partial charge in [0.2, 0.25) is 11.8 Å². The Morgan fingerprint density at radius 1 is 1.73 bits per heavy atom. The number of primary amides is 1. The van der Waals surface area contributed by atoms with E-state index in [9.17, 15) is 9.59 Å². The van der Waals surface area contributed by atoms with E-state index in [1.807, 2.05) is 0 Å². The second-order valence-electron chi connectivity index (χ2n) is 1.87. The van der Waals surface area contributed by atoms with E-state index in [1.165, 1.54) is 12.6 Å². The van der Waals surface area contributed by atoms with Crippen LogP contribution in [-0.4, -0.2) is 30.2 Å². The summed E-state index contributed by atoms with van der Waals surface area (Å²) in [6.07, 6.45) is -1.26. The van der Waals surface area contributed by atoms with Crippen molar-refractivity contribution in [2.24, 2.45) is 5.73 Å². The zero-order valence-corrected chi connectivity index (χ0v) is 6.03. The highest BCUT2D eigenvalue weighted by atomic mass is 16.5. The maximum absolute atomic E-state index is 10.4. The molecule has 0 radical (unpaired) electrons. The van der Waals surface area contributed by atoms with Crippen LogP contribution in [0.3, 0.4) is 0 Å². The number of hydrogen-bond donors (Lipinski definition) is 3. The van der Waals surface area contributed by atoms with E-state index in [4.69, 9.17) is 10.9 Å². The molecule has 0 rings (SSSR count). The molecule has 0 aliphatic heterocycles. The second-order valence-corrected chi connectivity index (χ2v) is 1.87. The average molecular weight is 162 g/mol. The molecule has 0 bridgehead atoms. The van der Waals surface area contributed by atoms with Crippen molar-refractivity contribution in [2.75, 3.05) is 7.11 Å². The number of hydroxylamine groups is 1. The monoisotopic (exact) mass is 162 g/mol. The molecule has 0 saturated carbocycles. The number of carbonyl (C=O) groups is 2. The van der Waals surface area contributed by atoms with Gasteiger partial charge in [0.25, 0.3) is 0 Å². The lowest BCUT2D eigenvalue weighted by Crippen LogP contribution is -2.35. The topological polar surface area (TPSA) is 102 Å². The van der Waals surface area contributed by atoms with Gasteiger partial charge in [0.15, 0.2) is 0 Å². The van der Waals surface area contributed by atoms with Crippen LogP contribution in [0, 0.1) is 0 Å². The third-order valence-corrected chi connectivity index (χ3v) is 1.10. The van der Waals surface area contributed by atoms with Gasteiger partial charge in [-0.3, -0.25) is 14.8 Å². The lowest BCUT2D eigenvalue weighted by Gasteiger charge is -2.08. The van der Waals surface area contributed by atoms with Crippen LogP contribution in [-0.2, 0) is 14.3 Å². The van der Waals surface area contributed by atoms with Crippen molar-refractivity contribution in [3.8, 4) is 0 Å². The molecule has 0 unspecified atom stereocenters. The zero-order valence-electron chi connectivity index (χ0n) is 6.03. The maximum Gasteiger partial charge on any atom is 0.247 e. The van der Waals surface area contributed by atoms with Gasteiger partial charge < -0.3 is 10.5 Å². The highest BCUT2D eigenvalue weighted by molar-refractivity contribution is 5.85. The molecule has 0 heterocycles. The van der Waals surface area contributed by atoms with Crippen LogP contribution in [0.2, 0.25) is 0 Å². The number of methoxy groups -OCH3 is 1. The number of amides is 2. The standard InChI is InChI=1S/C5H10N2O4/c1-11-3(5(6)9)2-4(8)7-10/h3,10H,2H2,1H3,(H2,6,9)(H,7,8)/t3-/m0/s1. The predicted molar refractivity (Wildman–Crippen MR) is 34.5 cm³/mol. The summed E-state index contributed by atoms with van der Waals surface area (Å²) >= 11 is 0. The number of nitrogens with one attached hydrogen (secondary N) is 1. The van der Waals surface area contributed by atoms with E-state index in [1.54, 1.807) is 0 Å². The minimum Gasteiger partial charge on any atom is -0.371 e. The molecule has 4 N–H and O–H groups in total. The highest BCUT2D eigenvalue weighted by Crippen LogP contribution is 1.94. The van der Waals surface area contributed by atoms with Crippen molar-refractivity contribution in [2.45, 2.75) is 12.5 Å². The number of ether oxygens (including phenoxy) is 1. The number of rotatable bonds is 4. The predicted octanol–water partition coefficient (Wildman–Crippen LogP) is -1.62. The molecular weight excluding hydrogens is 152 g/mol. The van der Waals surface area contributed by atoms with Gasteiger partial charge in [-0.05, 0) is 0 Å². The first-order chi connectivity index (χ1) is 5.11. The summed E-state index contributed by atoms with van der Waals surface area (Å²) < 4.78 is 4.54. The van der Waals surface area contributed by atoms with E-state index in [0.717, 1.165) is 0 Å². The van der Waals surface area contributed by atoms with Crippen molar-refractivity contribution in [3.63, 3.8) is 0 Å². The van der Waals surface area contributed by atoms with Crippen molar-refractivity contribution >= 4 is 11.8 Å². The summed E-state index contributed by atoms with van der Waals surface area (Å²) in [5.74, 6) is -1.45. The molecule has 64 valence electrons. The molecular formula is C5H10N2O4. The fourth-order valence-corrected chi connectivity index (χ4v) is 0.514. The van der Waals surface area contributed by atoms with Crippen molar-refractivity contribution in [1.82, 2.24) is 5.48 Å². The smallest absolute Gasteiger partial charge is 0.247 e. The molecule has 6 nitrogen and oxygen atoms in total. The summed E-state index contributed by atoms with van der Waals surface area (Å²) in [5.41, 5.74) is 6.18. The lowest BCUT2D eigenvalue weighted by atomic mass is 10.2. The van der Waals surface area contributed by atoms with Gasteiger partial charge in [0.05, 0.1) is 6.42 Å². The average Bonchev–Trinajstić information content (AvgIpc) is 1.99. The van der Waals surface area contributed by atoms with E-state index >= 15 is 0 Å². The van der Waals surface area contributed by atoms with Gasteiger partial charge in [-0.15, -0.1) is 0 Å². The van der Waals surface area contributed by atoms with Gasteiger partial charge >= 0.3 is 0 Å². The van der Waals surface area contributed by atoms with Crippen LogP contribution in [0.25, 0.3) is 0 Å². The van der Waals surface area contributed by atoms with Crippen LogP contribution < -0.4 is 11.2 Å². The molecule has 0 aromatic carbocycles. The highest BCUT2D eigenvalue weighted by Gasteiger charge is 2.17. The van der Waals surface area contributed by atoms with Gasteiger partial charge in [0.1, 0.15) is 6.10 Å². The van der Waals surface area contributed by atoms with E-state index in [0.29, 0.717) is 0 Å². The van der Waals surface area contributed by atoms with Gasteiger partial charge in [-0.1, -0.05) is 0 Å². The Morgan fingerprint density at radius 2 is 2.27 bits per heavy atom. The normalized spacial score (nSPS) is 12.2. The Hall–Kier alpha value is -1.14. The van der Waals surface area contributed by atoms with Crippen LogP contribution in [0.4, 0.5) is 0 Å². The number of nitrogens with two attached hydrogens (primary N) is 1. The molecule has 0 saturated heterocycles. The van der Waals surface area contributed by atoms with Crippen molar-refractivity contribution in [1.29, 1.82) is 0 Å². The fourth-order valence-electron chi connectivity index (χ4n) is 0.514. The summed E-state index contributed by atoms with van der Waals surface area (Å²) in [6.45, 7) is 0. The fraction of sp³-hybridized carbons (Fsp3) is 0.600. The molecule has 0 aromatic rings. The van der Waals surface area contributed by atoms with Gasteiger partial charge in [0, 0.05) is 7.11 Å². The molecule has 0 aliphatic rings. The molecule has 6 heteroatoms. The largest absolute Gasteiger partial charge is 0.371 e. The van der Waals surface area contributed by atoms with E-state index in [-0.39, 0.29) is 6.42 Å². The number of hydrogen-bond acceptors (Lipinski definition) is 4. The molecule has 11 heavy (non-hydrogen) atoms. The lowest BCUT2D eigenvalue weighted by molar-refractivity contribution is -0.138. The van der Waals surface area contributed by atoms with Crippen LogP contribution in [0.1, 0.15) is 6.42 Å². The molecule has 0 aromatic heterocycles. The minimum absolute atomic E-state index is 0.275. The Morgan fingerprint density at radius 3 is 2.55 bits per heavy atom. The molecule has 2 amide bonds. The van der Waals surface area contributed by atoms with Crippen LogP contribution in [0.15, 0.2) is 0 Å². The molecule has 0 spiro atoms. The second kappa shape index (κ2) is 4.64. The van der Waals surface area contributed by atoms with Crippen LogP contribution in [0.5, 0.6) is 0 Å². The zero-order chi connectivity index (χ0) is 8.85. The first kappa shape index (κ1) is 9.86. The third-order valence-electron chi connectivity index (χ3n) is 1.10. The Balaban J connectivity index is 3.88. The van der Waals surface area contributed by atoms with E-state index < -0.39 is 17.9 Å². The van der Waals surface area contributed by atoms with Crippen molar-refractivity contribution in [3.05, 3.63) is 0 Å². The molecule has 1 atom stereocenters.